The van der Waals surface area contributed by atoms with Crippen molar-refractivity contribution < 1.29 is 9.18 Å². The minimum absolute atomic E-state index is 0.222. The summed E-state index contributed by atoms with van der Waals surface area (Å²) in [6, 6.07) is 18.6. The SMILES string of the molecule is O=C(Nn1cnc2c(cnn2-c2ccc(F)cc2)c1=O)c1cccc2ccccc12. The fourth-order valence-electron chi connectivity index (χ4n) is 3.36. The van der Waals surface area contributed by atoms with Crippen LogP contribution in [-0.2, 0) is 0 Å². The maximum absolute atomic E-state index is 13.2. The van der Waals surface area contributed by atoms with Crippen molar-refractivity contribution in [3.8, 4) is 5.69 Å². The molecule has 0 aliphatic heterocycles. The Hall–Kier alpha value is -4.33. The molecule has 3 aromatic carbocycles. The van der Waals surface area contributed by atoms with Gasteiger partial charge in [0.05, 0.1) is 11.9 Å². The molecule has 0 radical (unpaired) electrons. The van der Waals surface area contributed by atoms with Crippen molar-refractivity contribution in [2.24, 2.45) is 0 Å². The molecule has 1 N–H and O–H groups in total. The molecule has 8 heteroatoms. The van der Waals surface area contributed by atoms with Gasteiger partial charge < -0.3 is 0 Å². The molecule has 2 heterocycles. The van der Waals surface area contributed by atoms with Crippen LogP contribution in [0.3, 0.4) is 0 Å². The van der Waals surface area contributed by atoms with E-state index in [9.17, 15) is 14.0 Å². The fraction of sp³-hybridized carbons (Fsp3) is 0. The van der Waals surface area contributed by atoms with Crippen LogP contribution < -0.4 is 11.0 Å². The summed E-state index contributed by atoms with van der Waals surface area (Å²) in [5.41, 5.74) is 3.43. The summed E-state index contributed by atoms with van der Waals surface area (Å²) >= 11 is 0. The van der Waals surface area contributed by atoms with Crippen LogP contribution in [0.4, 0.5) is 4.39 Å². The van der Waals surface area contributed by atoms with Gasteiger partial charge in [0, 0.05) is 5.56 Å². The van der Waals surface area contributed by atoms with Gasteiger partial charge in [0.15, 0.2) is 5.65 Å². The summed E-state index contributed by atoms with van der Waals surface area (Å²) < 4.78 is 15.6. The smallest absolute Gasteiger partial charge is 0.267 e. The lowest BCUT2D eigenvalue weighted by atomic mass is 10.0. The van der Waals surface area contributed by atoms with E-state index in [4.69, 9.17) is 0 Å². The normalized spacial score (nSPS) is 11.1. The maximum atomic E-state index is 13.2. The number of aromatic nitrogens is 4. The van der Waals surface area contributed by atoms with E-state index in [0.29, 0.717) is 16.9 Å². The second kappa shape index (κ2) is 6.93. The van der Waals surface area contributed by atoms with Crippen molar-refractivity contribution in [2.45, 2.75) is 0 Å². The summed E-state index contributed by atoms with van der Waals surface area (Å²) in [5, 5.41) is 6.11. The molecule has 0 saturated carbocycles. The molecule has 5 rings (SSSR count). The first kappa shape index (κ1) is 17.7. The highest BCUT2D eigenvalue weighted by molar-refractivity contribution is 6.10. The fourth-order valence-corrected chi connectivity index (χ4v) is 3.36. The second-order valence-electron chi connectivity index (χ2n) is 6.66. The molecule has 0 atom stereocenters. The van der Waals surface area contributed by atoms with Gasteiger partial charge >= 0.3 is 0 Å². The van der Waals surface area contributed by atoms with E-state index in [-0.39, 0.29) is 11.2 Å². The number of carbonyl (C=O) groups is 1. The van der Waals surface area contributed by atoms with Crippen molar-refractivity contribution in [2.75, 3.05) is 5.43 Å². The first-order valence-corrected chi connectivity index (χ1v) is 9.12. The number of nitrogens with zero attached hydrogens (tertiary/aromatic N) is 4. The van der Waals surface area contributed by atoms with Gasteiger partial charge in [-0.25, -0.2) is 18.7 Å². The number of amides is 1. The Morgan fingerprint density at radius 2 is 1.70 bits per heavy atom. The molecule has 2 aromatic heterocycles. The van der Waals surface area contributed by atoms with Gasteiger partial charge in [-0.2, -0.15) is 5.10 Å². The Morgan fingerprint density at radius 3 is 2.53 bits per heavy atom. The molecular formula is C22H14FN5O2. The second-order valence-corrected chi connectivity index (χ2v) is 6.66. The Balaban J connectivity index is 1.52. The van der Waals surface area contributed by atoms with Crippen molar-refractivity contribution >= 4 is 27.7 Å². The highest BCUT2D eigenvalue weighted by atomic mass is 19.1. The summed E-state index contributed by atoms with van der Waals surface area (Å²) in [5.74, 6) is -0.803. The zero-order valence-corrected chi connectivity index (χ0v) is 15.5. The number of hydrogen-bond donors (Lipinski definition) is 1. The van der Waals surface area contributed by atoms with Crippen LogP contribution in [0.1, 0.15) is 10.4 Å². The van der Waals surface area contributed by atoms with Gasteiger partial charge in [0.25, 0.3) is 11.5 Å². The molecule has 0 bridgehead atoms. The van der Waals surface area contributed by atoms with Crippen molar-refractivity contribution in [3.05, 3.63) is 101 Å². The van der Waals surface area contributed by atoms with E-state index in [1.54, 1.807) is 12.1 Å². The zero-order chi connectivity index (χ0) is 20.7. The quantitative estimate of drug-likeness (QED) is 0.505. The molecule has 0 saturated heterocycles. The Morgan fingerprint density at radius 1 is 0.933 bits per heavy atom. The van der Waals surface area contributed by atoms with E-state index in [1.165, 1.54) is 41.5 Å². The number of carbonyl (C=O) groups excluding carboxylic acids is 1. The summed E-state index contributed by atoms with van der Waals surface area (Å²) in [4.78, 5) is 29.9. The third kappa shape index (κ3) is 2.91. The molecule has 30 heavy (non-hydrogen) atoms. The molecule has 0 fully saturated rings. The van der Waals surface area contributed by atoms with Crippen LogP contribution in [0.2, 0.25) is 0 Å². The molecule has 1 amide bonds. The predicted molar refractivity (Wildman–Crippen MR) is 111 cm³/mol. The maximum Gasteiger partial charge on any atom is 0.283 e. The van der Waals surface area contributed by atoms with Gasteiger partial charge in [-0.05, 0) is 41.1 Å². The van der Waals surface area contributed by atoms with Gasteiger partial charge in [0.2, 0.25) is 0 Å². The van der Waals surface area contributed by atoms with Crippen LogP contribution in [0.15, 0.2) is 84.0 Å². The molecule has 0 aliphatic carbocycles. The highest BCUT2D eigenvalue weighted by Gasteiger charge is 2.15. The van der Waals surface area contributed by atoms with Gasteiger partial charge in [0.1, 0.15) is 17.5 Å². The minimum Gasteiger partial charge on any atom is -0.267 e. The Kier molecular flexibility index (Phi) is 4.10. The van der Waals surface area contributed by atoms with Gasteiger partial charge in [-0.3, -0.25) is 15.0 Å². The van der Waals surface area contributed by atoms with Gasteiger partial charge in [-0.1, -0.05) is 36.4 Å². The van der Waals surface area contributed by atoms with Crippen LogP contribution in [0.5, 0.6) is 0 Å². The lowest BCUT2D eigenvalue weighted by Gasteiger charge is -2.10. The molecule has 0 unspecified atom stereocenters. The van der Waals surface area contributed by atoms with E-state index >= 15 is 0 Å². The average molecular weight is 399 g/mol. The first-order chi connectivity index (χ1) is 14.6. The largest absolute Gasteiger partial charge is 0.283 e. The molecular weight excluding hydrogens is 385 g/mol. The topological polar surface area (TPSA) is 81.8 Å². The number of halogens is 1. The molecule has 0 aliphatic rings. The summed E-state index contributed by atoms with van der Waals surface area (Å²) in [7, 11) is 0. The Bertz CT molecular complexity index is 1470. The van der Waals surface area contributed by atoms with Crippen molar-refractivity contribution in [3.63, 3.8) is 0 Å². The monoisotopic (exact) mass is 399 g/mol. The van der Waals surface area contributed by atoms with Crippen molar-refractivity contribution in [1.29, 1.82) is 0 Å². The number of hydrogen-bond acceptors (Lipinski definition) is 4. The highest BCUT2D eigenvalue weighted by Crippen LogP contribution is 2.19. The third-order valence-corrected chi connectivity index (χ3v) is 4.82. The van der Waals surface area contributed by atoms with Crippen LogP contribution in [-0.4, -0.2) is 25.3 Å². The minimum atomic E-state index is -0.470. The lowest BCUT2D eigenvalue weighted by molar-refractivity contribution is 0.101. The van der Waals surface area contributed by atoms with Gasteiger partial charge in [-0.15, -0.1) is 0 Å². The van der Waals surface area contributed by atoms with Crippen molar-refractivity contribution in [1.82, 2.24) is 19.4 Å². The van der Waals surface area contributed by atoms with E-state index < -0.39 is 11.5 Å². The molecule has 0 spiro atoms. The Labute approximate surface area is 169 Å². The standard InChI is InChI=1S/C22H14FN5O2/c23-15-8-10-16(11-9-15)28-20-19(12-25-28)22(30)27(13-24-20)26-21(29)18-7-3-5-14-4-1-2-6-17(14)18/h1-13H,(H,26,29). The molecule has 5 aromatic rings. The average Bonchev–Trinajstić information content (AvgIpc) is 3.20. The predicted octanol–water partition coefficient (Wildman–Crippen LogP) is 3.26. The number of rotatable bonds is 3. The lowest BCUT2D eigenvalue weighted by Crippen LogP contribution is -2.33. The van der Waals surface area contributed by atoms with Crippen LogP contribution in [0.25, 0.3) is 27.5 Å². The summed E-state index contributed by atoms with van der Waals surface area (Å²) in [6.07, 6.45) is 2.60. The number of benzene rings is 3. The zero-order valence-electron chi connectivity index (χ0n) is 15.5. The van der Waals surface area contributed by atoms with E-state index in [0.717, 1.165) is 15.4 Å². The van der Waals surface area contributed by atoms with E-state index in [1.807, 2.05) is 30.3 Å². The van der Waals surface area contributed by atoms with Crippen LogP contribution in [0, 0.1) is 5.82 Å². The van der Waals surface area contributed by atoms with Crippen LogP contribution >= 0.6 is 0 Å². The number of nitrogens with one attached hydrogen (secondary N) is 1. The number of fused-ring (bicyclic) bond motifs is 2. The van der Waals surface area contributed by atoms with E-state index in [2.05, 4.69) is 15.5 Å². The first-order valence-electron chi connectivity index (χ1n) is 9.12. The molecule has 146 valence electrons. The third-order valence-electron chi connectivity index (χ3n) is 4.82. The molecule has 7 nitrogen and oxygen atoms in total. The summed E-state index contributed by atoms with van der Waals surface area (Å²) in [6.45, 7) is 0.